The van der Waals surface area contributed by atoms with E-state index in [1.54, 1.807) is 0 Å². The van der Waals surface area contributed by atoms with Gasteiger partial charge in [-0.25, -0.2) is 0 Å². The van der Waals surface area contributed by atoms with E-state index >= 15 is 0 Å². The van der Waals surface area contributed by atoms with Crippen LogP contribution in [0.5, 0.6) is 0 Å². The Morgan fingerprint density at radius 1 is 1.67 bits per heavy atom. The lowest BCUT2D eigenvalue weighted by Crippen LogP contribution is -2.34. The molecule has 0 aromatic rings. The summed E-state index contributed by atoms with van der Waals surface area (Å²) < 4.78 is 5.38. The van der Waals surface area contributed by atoms with Crippen molar-refractivity contribution in [3.63, 3.8) is 0 Å². The zero-order valence-electron chi connectivity index (χ0n) is 7.97. The minimum Gasteiger partial charge on any atom is -0.380 e. The van der Waals surface area contributed by atoms with E-state index in [-0.39, 0.29) is 0 Å². The third-order valence-electron chi connectivity index (χ3n) is 3.23. The fraction of sp³-hybridized carbons (Fsp3) is 0.800. The first-order valence-corrected chi connectivity index (χ1v) is 4.58. The molecule has 2 aliphatic heterocycles. The molecule has 0 aromatic carbocycles. The highest BCUT2D eigenvalue weighted by molar-refractivity contribution is 5.17. The van der Waals surface area contributed by atoms with Gasteiger partial charge in [-0.3, -0.25) is 4.90 Å². The predicted octanol–water partition coefficient (Wildman–Crippen LogP) is 1.43. The summed E-state index contributed by atoms with van der Waals surface area (Å²) in [7, 11) is 1.81. The molecule has 0 unspecified atom stereocenters. The molecule has 2 nitrogen and oxygen atoms in total. The van der Waals surface area contributed by atoms with Crippen LogP contribution >= 0.6 is 0 Å². The molecule has 0 aromatic heterocycles. The number of hydrogen-bond acceptors (Lipinski definition) is 2. The van der Waals surface area contributed by atoms with Gasteiger partial charge >= 0.3 is 0 Å². The Morgan fingerprint density at radius 2 is 2.42 bits per heavy atom. The van der Waals surface area contributed by atoms with Crippen LogP contribution in [0.25, 0.3) is 0 Å². The van der Waals surface area contributed by atoms with Crippen molar-refractivity contribution in [3.05, 3.63) is 12.2 Å². The van der Waals surface area contributed by atoms with Crippen molar-refractivity contribution in [1.82, 2.24) is 4.90 Å². The van der Waals surface area contributed by atoms with Crippen LogP contribution in [-0.4, -0.2) is 36.7 Å². The van der Waals surface area contributed by atoms with Gasteiger partial charge in [-0.1, -0.05) is 12.2 Å². The van der Waals surface area contributed by atoms with Gasteiger partial charge in [0.15, 0.2) is 0 Å². The summed E-state index contributed by atoms with van der Waals surface area (Å²) in [5.41, 5.74) is 1.74. The standard InChI is InChI=1S/C10H17NO/c1-8-4-10(2)5-9(12-3)7-11(10)6-8/h9H,1,4-7H2,2-3H3/t9-,10+/m0/s1. The Bertz CT molecular complexity index is 214. The van der Waals surface area contributed by atoms with Gasteiger partial charge < -0.3 is 4.74 Å². The Morgan fingerprint density at radius 3 is 3.00 bits per heavy atom. The molecule has 2 heterocycles. The lowest BCUT2D eigenvalue weighted by atomic mass is 9.95. The summed E-state index contributed by atoms with van der Waals surface area (Å²) in [6.45, 7) is 8.54. The molecule has 0 N–H and O–H groups in total. The maximum absolute atomic E-state index is 5.38. The van der Waals surface area contributed by atoms with E-state index in [4.69, 9.17) is 4.74 Å². The average Bonchev–Trinajstić information content (AvgIpc) is 2.38. The zero-order valence-corrected chi connectivity index (χ0v) is 7.97. The minimum absolute atomic E-state index is 0.359. The highest BCUT2D eigenvalue weighted by Crippen LogP contribution is 2.40. The quantitative estimate of drug-likeness (QED) is 0.548. The van der Waals surface area contributed by atoms with Crippen LogP contribution in [0.15, 0.2) is 12.2 Å². The van der Waals surface area contributed by atoms with Gasteiger partial charge in [-0.05, 0) is 19.8 Å². The number of ether oxygens (including phenoxy) is 1. The number of nitrogens with zero attached hydrogens (tertiary/aromatic N) is 1. The molecule has 0 radical (unpaired) electrons. The fourth-order valence-corrected chi connectivity index (χ4v) is 2.61. The molecule has 0 aliphatic carbocycles. The molecular weight excluding hydrogens is 150 g/mol. The lowest BCUT2D eigenvalue weighted by molar-refractivity contribution is 0.109. The fourth-order valence-electron chi connectivity index (χ4n) is 2.61. The molecule has 0 bridgehead atoms. The highest BCUT2D eigenvalue weighted by Gasteiger charge is 2.46. The van der Waals surface area contributed by atoms with Crippen molar-refractivity contribution in [1.29, 1.82) is 0 Å². The summed E-state index contributed by atoms with van der Waals surface area (Å²) in [6, 6.07) is 0. The molecule has 0 amide bonds. The second-order valence-corrected chi connectivity index (χ2v) is 4.37. The van der Waals surface area contributed by atoms with Gasteiger partial charge in [-0.2, -0.15) is 0 Å². The molecule has 0 saturated carbocycles. The molecule has 2 atom stereocenters. The van der Waals surface area contributed by atoms with E-state index in [1.807, 2.05) is 7.11 Å². The topological polar surface area (TPSA) is 12.5 Å². The van der Waals surface area contributed by atoms with Crippen LogP contribution in [0.3, 0.4) is 0 Å². The van der Waals surface area contributed by atoms with Crippen molar-refractivity contribution < 1.29 is 4.74 Å². The molecule has 2 fully saturated rings. The SMILES string of the molecule is C=C1CN2C[C@@H](OC)C[C@@]2(C)C1. The third-order valence-corrected chi connectivity index (χ3v) is 3.23. The number of methoxy groups -OCH3 is 1. The van der Waals surface area contributed by atoms with Crippen molar-refractivity contribution in [3.8, 4) is 0 Å². The van der Waals surface area contributed by atoms with Gasteiger partial charge in [0.25, 0.3) is 0 Å². The Balaban J connectivity index is 2.11. The van der Waals surface area contributed by atoms with Crippen LogP contribution in [0.2, 0.25) is 0 Å². The van der Waals surface area contributed by atoms with E-state index < -0.39 is 0 Å². The number of hydrogen-bond donors (Lipinski definition) is 0. The summed E-state index contributed by atoms with van der Waals surface area (Å²) >= 11 is 0. The number of fused-ring (bicyclic) bond motifs is 1. The van der Waals surface area contributed by atoms with E-state index in [9.17, 15) is 0 Å². The minimum atomic E-state index is 0.359. The summed E-state index contributed by atoms with van der Waals surface area (Å²) in [4.78, 5) is 2.50. The first kappa shape index (κ1) is 8.27. The van der Waals surface area contributed by atoms with Crippen molar-refractivity contribution in [2.45, 2.75) is 31.4 Å². The summed E-state index contributed by atoms with van der Waals surface area (Å²) in [5.74, 6) is 0. The normalized spacial score (nSPS) is 42.2. The second-order valence-electron chi connectivity index (χ2n) is 4.37. The predicted molar refractivity (Wildman–Crippen MR) is 49.1 cm³/mol. The van der Waals surface area contributed by atoms with Crippen molar-refractivity contribution in [2.75, 3.05) is 20.2 Å². The molecule has 2 heteroatoms. The van der Waals surface area contributed by atoms with Crippen molar-refractivity contribution in [2.24, 2.45) is 0 Å². The maximum atomic E-state index is 5.38. The van der Waals surface area contributed by atoms with Crippen LogP contribution in [-0.2, 0) is 4.74 Å². The van der Waals surface area contributed by atoms with Crippen LogP contribution < -0.4 is 0 Å². The van der Waals surface area contributed by atoms with E-state index in [0.717, 1.165) is 19.5 Å². The smallest absolute Gasteiger partial charge is 0.0716 e. The van der Waals surface area contributed by atoms with Gasteiger partial charge in [0.2, 0.25) is 0 Å². The Kier molecular flexibility index (Phi) is 1.77. The molecule has 0 spiro atoms. The van der Waals surface area contributed by atoms with E-state index in [0.29, 0.717) is 11.6 Å². The molecule has 2 rings (SSSR count). The molecular formula is C10H17NO. The van der Waals surface area contributed by atoms with Gasteiger partial charge in [0.1, 0.15) is 0 Å². The largest absolute Gasteiger partial charge is 0.380 e. The van der Waals surface area contributed by atoms with Gasteiger partial charge in [0, 0.05) is 25.7 Å². The molecule has 2 aliphatic rings. The number of rotatable bonds is 1. The average molecular weight is 167 g/mol. The zero-order chi connectivity index (χ0) is 8.77. The molecule has 68 valence electrons. The third kappa shape index (κ3) is 1.10. The Hall–Kier alpha value is -0.340. The first-order chi connectivity index (χ1) is 5.64. The first-order valence-electron chi connectivity index (χ1n) is 4.58. The van der Waals surface area contributed by atoms with Gasteiger partial charge in [0.05, 0.1) is 6.10 Å². The summed E-state index contributed by atoms with van der Waals surface area (Å²) in [6.07, 6.45) is 2.78. The molecule has 12 heavy (non-hydrogen) atoms. The van der Waals surface area contributed by atoms with Crippen LogP contribution in [0.1, 0.15) is 19.8 Å². The lowest BCUT2D eigenvalue weighted by Gasteiger charge is -2.25. The van der Waals surface area contributed by atoms with Crippen LogP contribution in [0.4, 0.5) is 0 Å². The molecule has 2 saturated heterocycles. The Labute approximate surface area is 74.2 Å². The van der Waals surface area contributed by atoms with Gasteiger partial charge in [-0.15, -0.1) is 0 Å². The van der Waals surface area contributed by atoms with Crippen LogP contribution in [0, 0.1) is 0 Å². The maximum Gasteiger partial charge on any atom is 0.0716 e. The summed E-state index contributed by atoms with van der Waals surface area (Å²) in [5, 5.41) is 0. The van der Waals surface area contributed by atoms with Crippen molar-refractivity contribution >= 4 is 0 Å². The second kappa shape index (κ2) is 2.57. The van der Waals surface area contributed by atoms with E-state index in [1.165, 1.54) is 12.0 Å². The monoisotopic (exact) mass is 167 g/mol. The highest BCUT2D eigenvalue weighted by atomic mass is 16.5. The van der Waals surface area contributed by atoms with E-state index in [2.05, 4.69) is 18.4 Å².